The minimum atomic E-state index is -4.50. The first-order chi connectivity index (χ1) is 10.8. The third-order valence-corrected chi connectivity index (χ3v) is 3.53. The molecular weight excluding hydrogens is 315 g/mol. The van der Waals surface area contributed by atoms with Crippen molar-refractivity contribution in [3.8, 4) is 0 Å². The largest absolute Gasteiger partial charge is 0.480 e. The lowest BCUT2D eigenvalue weighted by molar-refractivity contribution is -0.143. The van der Waals surface area contributed by atoms with E-state index in [2.05, 4.69) is 5.32 Å². The van der Waals surface area contributed by atoms with Crippen molar-refractivity contribution in [2.75, 3.05) is 6.61 Å². The Bertz CT molecular complexity index is 582. The van der Waals surface area contributed by atoms with Crippen LogP contribution in [0.3, 0.4) is 0 Å². The Kier molecular flexibility index (Phi) is 5.25. The fourth-order valence-electron chi connectivity index (χ4n) is 2.36. The molecule has 1 fully saturated rings. The van der Waals surface area contributed by atoms with Gasteiger partial charge in [0, 0.05) is 13.0 Å². The number of aliphatic carboxylic acids is 1. The first kappa shape index (κ1) is 17.3. The van der Waals surface area contributed by atoms with E-state index in [0.717, 1.165) is 12.1 Å². The van der Waals surface area contributed by atoms with Crippen LogP contribution in [0, 0.1) is 0 Å². The Morgan fingerprint density at radius 1 is 1.39 bits per heavy atom. The van der Waals surface area contributed by atoms with Crippen LogP contribution >= 0.6 is 0 Å². The molecule has 23 heavy (non-hydrogen) atoms. The summed E-state index contributed by atoms with van der Waals surface area (Å²) in [5, 5.41) is 11.5. The van der Waals surface area contributed by atoms with Gasteiger partial charge in [-0.25, -0.2) is 4.79 Å². The van der Waals surface area contributed by atoms with Crippen molar-refractivity contribution in [1.29, 1.82) is 0 Å². The van der Waals surface area contributed by atoms with E-state index in [4.69, 9.17) is 4.74 Å². The second-order valence-electron chi connectivity index (χ2n) is 5.30. The third kappa shape index (κ3) is 4.69. The fourth-order valence-corrected chi connectivity index (χ4v) is 2.36. The molecule has 1 aromatic carbocycles. The molecule has 1 aromatic rings. The molecule has 1 aliphatic rings. The molecule has 0 bridgehead atoms. The third-order valence-electron chi connectivity index (χ3n) is 3.53. The average Bonchev–Trinajstić information content (AvgIpc) is 3.00. The Balaban J connectivity index is 2.07. The average molecular weight is 331 g/mol. The maximum atomic E-state index is 12.7. The standard InChI is InChI=1S/C15H16F3NO4/c16-15(17,18)10-4-1-3-9(7-10)8-11(14(21)22)19-13(20)12-5-2-6-23-12/h1,3-4,7,11-12H,2,5-6,8H2,(H,19,20)(H,21,22)/t11-,12-/m0/s1. The van der Waals surface area contributed by atoms with E-state index >= 15 is 0 Å². The molecule has 8 heteroatoms. The molecule has 0 saturated carbocycles. The van der Waals surface area contributed by atoms with E-state index < -0.39 is 35.8 Å². The van der Waals surface area contributed by atoms with Gasteiger partial charge in [0.1, 0.15) is 12.1 Å². The van der Waals surface area contributed by atoms with Gasteiger partial charge in [-0.2, -0.15) is 13.2 Å². The van der Waals surface area contributed by atoms with E-state index in [-0.39, 0.29) is 12.0 Å². The van der Waals surface area contributed by atoms with Gasteiger partial charge in [-0.1, -0.05) is 18.2 Å². The monoisotopic (exact) mass is 331 g/mol. The normalized spacial score (nSPS) is 19.3. The Morgan fingerprint density at radius 3 is 2.70 bits per heavy atom. The van der Waals surface area contributed by atoms with Gasteiger partial charge in [-0.05, 0) is 24.5 Å². The molecule has 0 spiro atoms. The van der Waals surface area contributed by atoms with Gasteiger partial charge in [0.05, 0.1) is 5.56 Å². The van der Waals surface area contributed by atoms with Gasteiger partial charge in [0.2, 0.25) is 5.91 Å². The van der Waals surface area contributed by atoms with Gasteiger partial charge in [-0.3, -0.25) is 4.79 Å². The number of hydrogen-bond donors (Lipinski definition) is 2. The van der Waals surface area contributed by atoms with Crippen molar-refractivity contribution in [2.24, 2.45) is 0 Å². The SMILES string of the molecule is O=C(O)[C@H](Cc1cccc(C(F)(F)F)c1)NC(=O)[C@@H]1CCCO1. The Morgan fingerprint density at radius 2 is 2.13 bits per heavy atom. The number of benzene rings is 1. The number of alkyl halides is 3. The smallest absolute Gasteiger partial charge is 0.416 e. The van der Waals surface area contributed by atoms with Crippen LogP contribution in [0.4, 0.5) is 13.2 Å². The van der Waals surface area contributed by atoms with Gasteiger partial charge >= 0.3 is 12.1 Å². The quantitative estimate of drug-likeness (QED) is 0.865. The van der Waals surface area contributed by atoms with E-state index in [1.54, 1.807) is 0 Å². The molecule has 1 heterocycles. The summed E-state index contributed by atoms with van der Waals surface area (Å²) in [6, 6.07) is 3.08. The van der Waals surface area contributed by atoms with Crippen LogP contribution in [0.15, 0.2) is 24.3 Å². The highest BCUT2D eigenvalue weighted by Crippen LogP contribution is 2.29. The summed E-state index contributed by atoms with van der Waals surface area (Å²) in [6.45, 7) is 0.434. The van der Waals surface area contributed by atoms with Crippen molar-refractivity contribution in [2.45, 2.75) is 37.6 Å². The summed E-state index contributed by atoms with van der Waals surface area (Å²) < 4.78 is 43.2. The Hall–Kier alpha value is -2.09. The number of ether oxygens (including phenoxy) is 1. The number of hydrogen-bond acceptors (Lipinski definition) is 3. The number of halogens is 3. The van der Waals surface area contributed by atoms with Crippen LogP contribution in [0.1, 0.15) is 24.0 Å². The first-order valence-electron chi connectivity index (χ1n) is 7.08. The number of carboxylic acids is 1. The van der Waals surface area contributed by atoms with Crippen molar-refractivity contribution >= 4 is 11.9 Å². The number of carbonyl (C=O) groups is 2. The highest BCUT2D eigenvalue weighted by atomic mass is 19.4. The number of amides is 1. The molecule has 0 radical (unpaired) electrons. The molecule has 1 saturated heterocycles. The summed E-state index contributed by atoms with van der Waals surface area (Å²) in [5.41, 5.74) is -0.676. The summed E-state index contributed by atoms with van der Waals surface area (Å²) in [4.78, 5) is 23.2. The molecule has 2 rings (SSSR count). The van der Waals surface area contributed by atoms with E-state index in [1.165, 1.54) is 12.1 Å². The molecule has 0 aliphatic carbocycles. The number of rotatable bonds is 5. The Labute approximate surface area is 130 Å². The predicted molar refractivity (Wildman–Crippen MR) is 73.7 cm³/mol. The summed E-state index contributed by atoms with van der Waals surface area (Å²) in [7, 11) is 0. The van der Waals surface area contributed by atoms with Crippen LogP contribution in [-0.4, -0.2) is 35.7 Å². The summed E-state index contributed by atoms with van der Waals surface area (Å²) in [5.74, 6) is -1.87. The van der Waals surface area contributed by atoms with E-state index in [9.17, 15) is 27.9 Å². The maximum absolute atomic E-state index is 12.7. The first-order valence-corrected chi connectivity index (χ1v) is 7.08. The highest BCUT2D eigenvalue weighted by molar-refractivity contribution is 5.86. The van der Waals surface area contributed by atoms with Gasteiger partial charge in [-0.15, -0.1) is 0 Å². The lowest BCUT2D eigenvalue weighted by Crippen LogP contribution is -2.46. The molecule has 0 aromatic heterocycles. The van der Waals surface area contributed by atoms with Crippen LogP contribution < -0.4 is 5.32 Å². The molecule has 0 unspecified atom stereocenters. The summed E-state index contributed by atoms with van der Waals surface area (Å²) in [6.07, 6.45) is -4.23. The van der Waals surface area contributed by atoms with Crippen molar-refractivity contribution < 1.29 is 32.6 Å². The topological polar surface area (TPSA) is 75.6 Å². The lowest BCUT2D eigenvalue weighted by Gasteiger charge is -2.18. The van der Waals surface area contributed by atoms with Crippen LogP contribution in [0.2, 0.25) is 0 Å². The maximum Gasteiger partial charge on any atom is 0.416 e. The molecule has 1 aliphatic heterocycles. The number of carbonyl (C=O) groups excluding carboxylic acids is 1. The zero-order valence-corrected chi connectivity index (χ0v) is 12.1. The van der Waals surface area contributed by atoms with Gasteiger partial charge in [0.15, 0.2) is 0 Å². The van der Waals surface area contributed by atoms with Gasteiger partial charge in [0.25, 0.3) is 0 Å². The molecule has 2 atom stereocenters. The van der Waals surface area contributed by atoms with E-state index in [1.807, 2.05) is 0 Å². The lowest BCUT2D eigenvalue weighted by atomic mass is 10.0. The van der Waals surface area contributed by atoms with Gasteiger partial charge < -0.3 is 15.2 Å². The summed E-state index contributed by atoms with van der Waals surface area (Å²) >= 11 is 0. The number of nitrogens with one attached hydrogen (secondary N) is 1. The van der Waals surface area contributed by atoms with E-state index in [0.29, 0.717) is 19.4 Å². The molecule has 2 N–H and O–H groups in total. The highest BCUT2D eigenvalue weighted by Gasteiger charge is 2.31. The fraction of sp³-hybridized carbons (Fsp3) is 0.467. The van der Waals surface area contributed by atoms with Crippen molar-refractivity contribution in [1.82, 2.24) is 5.32 Å². The molecule has 126 valence electrons. The van der Waals surface area contributed by atoms with Crippen molar-refractivity contribution in [3.05, 3.63) is 35.4 Å². The second kappa shape index (κ2) is 6.99. The van der Waals surface area contributed by atoms with Crippen molar-refractivity contribution in [3.63, 3.8) is 0 Å². The number of carboxylic acid groups (broad SMARTS) is 1. The van der Waals surface area contributed by atoms with Crippen LogP contribution in [0.5, 0.6) is 0 Å². The minimum absolute atomic E-state index is 0.180. The van der Waals surface area contributed by atoms with Crippen LogP contribution in [0.25, 0.3) is 0 Å². The second-order valence-corrected chi connectivity index (χ2v) is 5.30. The van der Waals surface area contributed by atoms with Crippen LogP contribution in [-0.2, 0) is 26.9 Å². The minimum Gasteiger partial charge on any atom is -0.480 e. The predicted octanol–water partition coefficient (Wildman–Crippen LogP) is 2.00. The molecular formula is C15H16F3NO4. The molecule has 5 nitrogen and oxygen atoms in total. The zero-order valence-electron chi connectivity index (χ0n) is 12.1. The molecule has 1 amide bonds. The zero-order chi connectivity index (χ0) is 17.0.